The number of hydrogen-bond acceptors (Lipinski definition) is 2. The monoisotopic (exact) mass is 258 g/mol. The van der Waals surface area contributed by atoms with Crippen LogP contribution in [0.1, 0.15) is 44.1 Å². The molecule has 1 saturated carbocycles. The van der Waals surface area contributed by atoms with Crippen LogP contribution in [0.3, 0.4) is 0 Å². The van der Waals surface area contributed by atoms with Gasteiger partial charge in [0.1, 0.15) is 0 Å². The van der Waals surface area contributed by atoms with Gasteiger partial charge in [0.2, 0.25) is 0 Å². The SMILES string of the molecule is CCCN(CCC1CNc2ccccc21)CC1CC1. The summed E-state index contributed by atoms with van der Waals surface area (Å²) in [6.07, 6.45) is 5.52. The molecule has 19 heavy (non-hydrogen) atoms. The molecule has 2 aliphatic rings. The summed E-state index contributed by atoms with van der Waals surface area (Å²) in [5.74, 6) is 1.73. The number of fused-ring (bicyclic) bond motifs is 1. The van der Waals surface area contributed by atoms with Crippen LogP contribution in [0.2, 0.25) is 0 Å². The average Bonchev–Trinajstić information content (AvgIpc) is 3.15. The number of benzene rings is 1. The highest BCUT2D eigenvalue weighted by molar-refractivity contribution is 5.57. The maximum Gasteiger partial charge on any atom is 0.0376 e. The van der Waals surface area contributed by atoms with E-state index in [4.69, 9.17) is 0 Å². The Hall–Kier alpha value is -1.02. The van der Waals surface area contributed by atoms with Gasteiger partial charge in [0.05, 0.1) is 0 Å². The van der Waals surface area contributed by atoms with Crippen LogP contribution >= 0.6 is 0 Å². The second-order valence-electron chi connectivity index (χ2n) is 6.20. The van der Waals surface area contributed by atoms with Gasteiger partial charge in [-0.15, -0.1) is 0 Å². The number of nitrogens with zero attached hydrogens (tertiary/aromatic N) is 1. The van der Waals surface area contributed by atoms with E-state index in [2.05, 4.69) is 41.4 Å². The van der Waals surface area contributed by atoms with Gasteiger partial charge in [0, 0.05) is 24.7 Å². The van der Waals surface area contributed by atoms with Crippen molar-refractivity contribution in [3.63, 3.8) is 0 Å². The van der Waals surface area contributed by atoms with Crippen molar-refractivity contribution in [2.75, 3.05) is 31.5 Å². The van der Waals surface area contributed by atoms with Crippen molar-refractivity contribution < 1.29 is 0 Å². The van der Waals surface area contributed by atoms with Crippen LogP contribution in [0, 0.1) is 5.92 Å². The minimum absolute atomic E-state index is 0.717. The largest absolute Gasteiger partial charge is 0.384 e. The first-order chi connectivity index (χ1) is 9.36. The van der Waals surface area contributed by atoms with Crippen molar-refractivity contribution in [1.29, 1.82) is 0 Å². The first-order valence-electron chi connectivity index (χ1n) is 7.92. The molecule has 1 aliphatic heterocycles. The Morgan fingerprint density at radius 2 is 2.05 bits per heavy atom. The zero-order valence-corrected chi connectivity index (χ0v) is 12.1. The molecule has 1 heterocycles. The summed E-state index contributed by atoms with van der Waals surface area (Å²) in [4.78, 5) is 2.69. The van der Waals surface area contributed by atoms with Crippen molar-refractivity contribution in [3.05, 3.63) is 29.8 Å². The van der Waals surface area contributed by atoms with Crippen molar-refractivity contribution in [2.45, 2.75) is 38.5 Å². The van der Waals surface area contributed by atoms with E-state index in [0.717, 1.165) is 18.4 Å². The summed E-state index contributed by atoms with van der Waals surface area (Å²) in [6, 6.07) is 8.81. The second kappa shape index (κ2) is 5.96. The third-order valence-electron chi connectivity index (χ3n) is 4.49. The van der Waals surface area contributed by atoms with E-state index >= 15 is 0 Å². The number of para-hydroxylation sites is 1. The van der Waals surface area contributed by atoms with Crippen molar-refractivity contribution in [2.24, 2.45) is 5.92 Å². The molecule has 1 aliphatic carbocycles. The molecule has 2 heteroatoms. The summed E-state index contributed by atoms with van der Waals surface area (Å²) in [5.41, 5.74) is 2.89. The molecule has 1 N–H and O–H groups in total. The Labute approximate surface area is 117 Å². The zero-order chi connectivity index (χ0) is 13.1. The Morgan fingerprint density at radius 1 is 1.21 bits per heavy atom. The highest BCUT2D eigenvalue weighted by atomic mass is 15.1. The van der Waals surface area contributed by atoms with Crippen LogP contribution in [0.5, 0.6) is 0 Å². The van der Waals surface area contributed by atoms with Crippen LogP contribution in [-0.2, 0) is 0 Å². The first kappa shape index (κ1) is 13.0. The molecule has 1 aromatic carbocycles. The number of hydrogen-bond donors (Lipinski definition) is 1. The first-order valence-corrected chi connectivity index (χ1v) is 7.92. The molecule has 0 amide bonds. The summed E-state index contributed by atoms with van der Waals surface area (Å²) in [7, 11) is 0. The van der Waals surface area contributed by atoms with Crippen LogP contribution in [0.4, 0.5) is 5.69 Å². The molecule has 1 fully saturated rings. The number of anilines is 1. The van der Waals surface area contributed by atoms with E-state index < -0.39 is 0 Å². The zero-order valence-electron chi connectivity index (χ0n) is 12.1. The van der Waals surface area contributed by atoms with Gasteiger partial charge in [-0.05, 0) is 56.3 Å². The summed E-state index contributed by atoms with van der Waals surface area (Å²) >= 11 is 0. The molecule has 1 aromatic rings. The summed E-state index contributed by atoms with van der Waals surface area (Å²) in [6.45, 7) is 7.31. The standard InChI is InChI=1S/C17H26N2/c1-2-10-19(13-14-7-8-14)11-9-15-12-18-17-6-4-3-5-16(15)17/h3-6,14-15,18H,2,7-13H2,1H3. The predicted octanol–water partition coefficient (Wildman–Crippen LogP) is 3.71. The van der Waals surface area contributed by atoms with E-state index in [1.807, 2.05) is 0 Å². The summed E-state index contributed by atoms with van der Waals surface area (Å²) < 4.78 is 0. The maximum atomic E-state index is 3.54. The molecule has 0 aromatic heterocycles. The van der Waals surface area contributed by atoms with Gasteiger partial charge in [-0.25, -0.2) is 0 Å². The molecule has 1 unspecified atom stereocenters. The molecular weight excluding hydrogens is 232 g/mol. The Bertz CT molecular complexity index is 411. The smallest absolute Gasteiger partial charge is 0.0376 e. The van der Waals surface area contributed by atoms with Crippen LogP contribution in [0.15, 0.2) is 24.3 Å². The van der Waals surface area contributed by atoms with Crippen molar-refractivity contribution in [3.8, 4) is 0 Å². The topological polar surface area (TPSA) is 15.3 Å². The quantitative estimate of drug-likeness (QED) is 0.802. The number of rotatable bonds is 7. The Morgan fingerprint density at radius 3 is 2.84 bits per heavy atom. The van der Waals surface area contributed by atoms with E-state index in [9.17, 15) is 0 Å². The highest BCUT2D eigenvalue weighted by Gasteiger charge is 2.26. The second-order valence-corrected chi connectivity index (χ2v) is 6.20. The lowest BCUT2D eigenvalue weighted by atomic mass is 9.97. The third kappa shape index (κ3) is 3.30. The van der Waals surface area contributed by atoms with Crippen LogP contribution in [0.25, 0.3) is 0 Å². The van der Waals surface area contributed by atoms with Gasteiger partial charge in [0.25, 0.3) is 0 Å². The molecule has 3 rings (SSSR count). The van der Waals surface area contributed by atoms with Gasteiger partial charge >= 0.3 is 0 Å². The van der Waals surface area contributed by atoms with E-state index in [-0.39, 0.29) is 0 Å². The fourth-order valence-corrected chi connectivity index (χ4v) is 3.23. The van der Waals surface area contributed by atoms with Crippen molar-refractivity contribution in [1.82, 2.24) is 4.90 Å². The van der Waals surface area contributed by atoms with Gasteiger partial charge in [-0.3, -0.25) is 0 Å². The van der Waals surface area contributed by atoms with Crippen LogP contribution in [-0.4, -0.2) is 31.1 Å². The maximum absolute atomic E-state index is 3.54. The molecular formula is C17H26N2. The van der Waals surface area contributed by atoms with Gasteiger partial charge in [0.15, 0.2) is 0 Å². The fraction of sp³-hybridized carbons (Fsp3) is 0.647. The van der Waals surface area contributed by atoms with Gasteiger partial charge in [-0.1, -0.05) is 25.1 Å². The van der Waals surface area contributed by atoms with Crippen molar-refractivity contribution >= 4 is 5.69 Å². The average molecular weight is 258 g/mol. The summed E-state index contributed by atoms with van der Waals surface area (Å²) in [5, 5.41) is 3.54. The minimum Gasteiger partial charge on any atom is -0.384 e. The minimum atomic E-state index is 0.717. The number of nitrogens with one attached hydrogen (secondary N) is 1. The third-order valence-corrected chi connectivity index (χ3v) is 4.49. The normalized spacial score (nSPS) is 21.5. The Kier molecular flexibility index (Phi) is 4.07. The molecule has 2 nitrogen and oxygen atoms in total. The van der Waals surface area contributed by atoms with Crippen LogP contribution < -0.4 is 5.32 Å². The molecule has 1 atom stereocenters. The lowest BCUT2D eigenvalue weighted by Gasteiger charge is -2.23. The van der Waals surface area contributed by atoms with E-state index in [1.54, 1.807) is 0 Å². The fourth-order valence-electron chi connectivity index (χ4n) is 3.23. The molecule has 104 valence electrons. The van der Waals surface area contributed by atoms with Gasteiger partial charge in [-0.2, -0.15) is 0 Å². The predicted molar refractivity (Wildman–Crippen MR) is 81.7 cm³/mol. The lowest BCUT2D eigenvalue weighted by molar-refractivity contribution is 0.254. The van der Waals surface area contributed by atoms with Gasteiger partial charge < -0.3 is 10.2 Å². The molecule has 0 saturated heterocycles. The molecule has 0 bridgehead atoms. The lowest BCUT2D eigenvalue weighted by Crippen LogP contribution is -2.29. The Balaban J connectivity index is 1.53. The molecule has 0 spiro atoms. The highest BCUT2D eigenvalue weighted by Crippen LogP contribution is 2.34. The van der Waals surface area contributed by atoms with E-state index in [0.29, 0.717) is 0 Å². The van der Waals surface area contributed by atoms with E-state index in [1.165, 1.54) is 56.6 Å². The molecule has 0 radical (unpaired) electrons.